The number of esters is 1. The molecule has 0 spiro atoms. The van der Waals surface area contributed by atoms with E-state index in [9.17, 15) is 9.59 Å². The first kappa shape index (κ1) is 18.4. The van der Waals surface area contributed by atoms with Gasteiger partial charge in [0.25, 0.3) is 0 Å². The summed E-state index contributed by atoms with van der Waals surface area (Å²) in [6, 6.07) is 5.63. The first-order valence-electron chi connectivity index (χ1n) is 7.88. The summed E-state index contributed by atoms with van der Waals surface area (Å²) in [6.45, 7) is 2.75. The van der Waals surface area contributed by atoms with Gasteiger partial charge in [-0.1, -0.05) is 0 Å². The molecule has 0 N–H and O–H groups in total. The Morgan fingerprint density at radius 1 is 1.17 bits per heavy atom. The molecule has 0 aliphatic carbocycles. The van der Waals surface area contributed by atoms with Crippen molar-refractivity contribution in [2.24, 2.45) is 0 Å². The summed E-state index contributed by atoms with van der Waals surface area (Å²) in [5.74, 6) is 1.86. The van der Waals surface area contributed by atoms with Crippen LogP contribution >= 0.6 is 11.8 Å². The Bertz CT molecular complexity index is 570. The highest BCUT2D eigenvalue weighted by Gasteiger charge is 2.31. The zero-order valence-corrected chi connectivity index (χ0v) is 15.1. The van der Waals surface area contributed by atoms with Gasteiger partial charge in [0.1, 0.15) is 16.9 Å². The molecule has 1 unspecified atom stereocenters. The Morgan fingerprint density at radius 2 is 1.83 bits per heavy atom. The standard InChI is InChI=1S/C17H23NO5S/c1-4-23-16(20)6-5-15(19)18-7-8-24-17(18)12-9-13(21-2)11-14(10-12)22-3/h9-11,17H,4-8H2,1-3H3. The summed E-state index contributed by atoms with van der Waals surface area (Å²) in [5, 5.41) is -0.0938. The molecule has 7 heteroatoms. The van der Waals surface area contributed by atoms with Gasteiger partial charge >= 0.3 is 5.97 Å². The molecule has 2 rings (SSSR count). The molecule has 1 saturated heterocycles. The fraction of sp³-hybridized carbons (Fsp3) is 0.529. The van der Waals surface area contributed by atoms with Gasteiger partial charge < -0.3 is 19.1 Å². The van der Waals surface area contributed by atoms with E-state index >= 15 is 0 Å². The molecule has 1 fully saturated rings. The van der Waals surface area contributed by atoms with Crippen molar-refractivity contribution in [3.8, 4) is 11.5 Å². The Hall–Kier alpha value is -1.89. The fourth-order valence-corrected chi connectivity index (χ4v) is 3.82. The Morgan fingerprint density at radius 3 is 2.42 bits per heavy atom. The quantitative estimate of drug-likeness (QED) is 0.702. The lowest BCUT2D eigenvalue weighted by molar-refractivity contribution is -0.145. The van der Waals surface area contributed by atoms with Crippen LogP contribution in [0.5, 0.6) is 11.5 Å². The van der Waals surface area contributed by atoms with Gasteiger partial charge in [0.15, 0.2) is 0 Å². The summed E-state index contributed by atoms with van der Waals surface area (Å²) in [7, 11) is 3.20. The zero-order chi connectivity index (χ0) is 17.5. The maximum atomic E-state index is 12.5. The summed E-state index contributed by atoms with van der Waals surface area (Å²) in [4.78, 5) is 25.7. The van der Waals surface area contributed by atoms with Gasteiger partial charge in [-0.05, 0) is 24.6 Å². The maximum absolute atomic E-state index is 12.5. The van der Waals surface area contributed by atoms with E-state index in [2.05, 4.69) is 0 Å². The van der Waals surface area contributed by atoms with Gasteiger partial charge in [-0.25, -0.2) is 0 Å². The molecule has 1 atom stereocenters. The lowest BCUT2D eigenvalue weighted by Crippen LogP contribution is -2.30. The highest BCUT2D eigenvalue weighted by molar-refractivity contribution is 7.99. The van der Waals surface area contributed by atoms with E-state index in [1.54, 1.807) is 43.9 Å². The van der Waals surface area contributed by atoms with Gasteiger partial charge in [0.2, 0.25) is 5.91 Å². The van der Waals surface area contributed by atoms with E-state index in [1.165, 1.54) is 0 Å². The number of hydrogen-bond donors (Lipinski definition) is 0. The summed E-state index contributed by atoms with van der Waals surface area (Å²) in [6.07, 6.45) is 0.277. The average molecular weight is 353 g/mol. The van der Waals surface area contributed by atoms with Gasteiger partial charge in [-0.2, -0.15) is 0 Å². The van der Waals surface area contributed by atoms with Crippen LogP contribution in [-0.4, -0.2) is 49.9 Å². The minimum absolute atomic E-state index is 0.0418. The highest BCUT2D eigenvalue weighted by atomic mass is 32.2. The van der Waals surface area contributed by atoms with Crippen molar-refractivity contribution in [1.29, 1.82) is 0 Å². The largest absolute Gasteiger partial charge is 0.497 e. The molecule has 1 aliphatic rings. The number of carbonyl (C=O) groups is 2. The number of rotatable bonds is 7. The molecule has 1 aliphatic heterocycles. The second-order valence-corrected chi connectivity index (χ2v) is 6.45. The van der Waals surface area contributed by atoms with Crippen LogP contribution in [0.1, 0.15) is 30.7 Å². The lowest BCUT2D eigenvalue weighted by Gasteiger charge is -2.24. The Balaban J connectivity index is 2.09. The normalized spacial score (nSPS) is 16.8. The molecule has 1 aromatic carbocycles. The molecule has 24 heavy (non-hydrogen) atoms. The van der Waals surface area contributed by atoms with Crippen LogP contribution in [0, 0.1) is 0 Å². The molecule has 132 valence electrons. The third kappa shape index (κ3) is 4.56. The number of benzene rings is 1. The summed E-state index contributed by atoms with van der Waals surface area (Å²) < 4.78 is 15.5. The minimum Gasteiger partial charge on any atom is -0.497 e. The second kappa shape index (κ2) is 8.82. The van der Waals surface area contributed by atoms with Crippen LogP contribution in [0.15, 0.2) is 18.2 Å². The lowest BCUT2D eigenvalue weighted by atomic mass is 10.1. The second-order valence-electron chi connectivity index (χ2n) is 5.26. The predicted molar refractivity (Wildman–Crippen MR) is 92.3 cm³/mol. The van der Waals surface area contributed by atoms with E-state index in [0.29, 0.717) is 24.7 Å². The van der Waals surface area contributed by atoms with Crippen molar-refractivity contribution in [1.82, 2.24) is 4.90 Å². The van der Waals surface area contributed by atoms with Gasteiger partial charge in [-0.3, -0.25) is 9.59 Å². The average Bonchev–Trinajstić information content (AvgIpc) is 3.09. The van der Waals surface area contributed by atoms with Crippen LogP contribution in [-0.2, 0) is 14.3 Å². The first-order valence-corrected chi connectivity index (χ1v) is 8.93. The van der Waals surface area contributed by atoms with Crippen molar-refractivity contribution in [2.75, 3.05) is 33.1 Å². The van der Waals surface area contributed by atoms with Crippen molar-refractivity contribution in [3.63, 3.8) is 0 Å². The summed E-state index contributed by atoms with van der Waals surface area (Å²) in [5.41, 5.74) is 0.957. The number of ether oxygens (including phenoxy) is 3. The highest BCUT2D eigenvalue weighted by Crippen LogP contribution is 2.40. The van der Waals surface area contributed by atoms with Crippen LogP contribution in [0.3, 0.4) is 0 Å². The molecule has 0 aromatic heterocycles. The molecule has 0 radical (unpaired) electrons. The predicted octanol–water partition coefficient (Wildman–Crippen LogP) is 2.62. The maximum Gasteiger partial charge on any atom is 0.306 e. The fourth-order valence-electron chi connectivity index (χ4n) is 2.56. The van der Waals surface area contributed by atoms with Crippen molar-refractivity contribution >= 4 is 23.6 Å². The number of hydrogen-bond acceptors (Lipinski definition) is 6. The van der Waals surface area contributed by atoms with Gasteiger partial charge in [-0.15, -0.1) is 11.8 Å². The van der Waals surface area contributed by atoms with E-state index < -0.39 is 0 Å². The molecule has 1 aromatic rings. The van der Waals surface area contributed by atoms with E-state index in [1.807, 2.05) is 12.1 Å². The van der Waals surface area contributed by atoms with Gasteiger partial charge in [0, 0.05) is 24.8 Å². The topological polar surface area (TPSA) is 65.1 Å². The molecule has 0 bridgehead atoms. The first-order chi connectivity index (χ1) is 11.6. The zero-order valence-electron chi connectivity index (χ0n) is 14.2. The molecule has 6 nitrogen and oxygen atoms in total. The Labute approximate surface area is 146 Å². The van der Waals surface area contributed by atoms with Crippen molar-refractivity contribution < 1.29 is 23.8 Å². The van der Waals surface area contributed by atoms with E-state index in [4.69, 9.17) is 14.2 Å². The van der Waals surface area contributed by atoms with Gasteiger partial charge in [0.05, 0.1) is 27.2 Å². The molecular formula is C17H23NO5S. The molecule has 1 heterocycles. The van der Waals surface area contributed by atoms with Crippen LogP contribution in [0.4, 0.5) is 0 Å². The molecular weight excluding hydrogens is 330 g/mol. The van der Waals surface area contributed by atoms with Crippen LogP contribution in [0.2, 0.25) is 0 Å². The SMILES string of the molecule is CCOC(=O)CCC(=O)N1CCSC1c1cc(OC)cc(OC)c1. The third-order valence-corrected chi connectivity index (χ3v) is 4.98. The van der Waals surface area contributed by atoms with Crippen LogP contribution in [0.25, 0.3) is 0 Å². The number of thioether (sulfide) groups is 1. The van der Waals surface area contributed by atoms with Crippen molar-refractivity contribution in [2.45, 2.75) is 25.1 Å². The third-order valence-electron chi connectivity index (χ3n) is 3.72. The molecule has 1 amide bonds. The van der Waals surface area contributed by atoms with E-state index in [0.717, 1.165) is 11.3 Å². The number of carbonyl (C=O) groups excluding carboxylic acids is 2. The monoisotopic (exact) mass is 353 g/mol. The smallest absolute Gasteiger partial charge is 0.306 e. The number of amides is 1. The minimum atomic E-state index is -0.336. The number of methoxy groups -OCH3 is 2. The van der Waals surface area contributed by atoms with E-state index in [-0.39, 0.29) is 30.1 Å². The Kier molecular flexibility index (Phi) is 6.78. The number of nitrogens with zero attached hydrogens (tertiary/aromatic N) is 1. The summed E-state index contributed by atoms with van der Waals surface area (Å²) >= 11 is 1.69. The van der Waals surface area contributed by atoms with Crippen LogP contribution < -0.4 is 9.47 Å². The van der Waals surface area contributed by atoms with Crippen molar-refractivity contribution in [3.05, 3.63) is 23.8 Å². The molecule has 0 saturated carbocycles.